The van der Waals surface area contributed by atoms with Gasteiger partial charge in [0, 0.05) is 23.9 Å². The van der Waals surface area contributed by atoms with Gasteiger partial charge in [0.1, 0.15) is 11.0 Å². The Balaban J connectivity index is 2.32. The molecule has 2 heterocycles. The van der Waals surface area contributed by atoms with Crippen LogP contribution in [0.1, 0.15) is 20.8 Å². The van der Waals surface area contributed by atoms with Crippen molar-refractivity contribution in [3.63, 3.8) is 0 Å². The van der Waals surface area contributed by atoms with Gasteiger partial charge >= 0.3 is 0 Å². The number of hydrogen-bond acceptors (Lipinski definition) is 2. The average Bonchev–Trinajstić information content (AvgIpc) is 2.67. The molecule has 0 aromatic carbocycles. The molecule has 5 heteroatoms. The maximum atomic E-state index is 13.2. The monoisotopic (exact) mass is 267 g/mol. The summed E-state index contributed by atoms with van der Waals surface area (Å²) in [7, 11) is 0. The van der Waals surface area contributed by atoms with Gasteiger partial charge in [0.25, 0.3) is 0 Å². The van der Waals surface area contributed by atoms with Crippen molar-refractivity contribution in [2.24, 2.45) is 5.41 Å². The first-order valence-electron chi connectivity index (χ1n) is 5.69. The van der Waals surface area contributed by atoms with E-state index < -0.39 is 5.82 Å². The third-order valence-electron chi connectivity index (χ3n) is 2.39. The topological polar surface area (TPSA) is 30.7 Å². The third kappa shape index (κ3) is 3.07. The lowest BCUT2D eigenvalue weighted by Gasteiger charge is -2.17. The molecule has 0 aliphatic carbocycles. The van der Waals surface area contributed by atoms with E-state index in [0.29, 0.717) is 5.56 Å². The van der Waals surface area contributed by atoms with Gasteiger partial charge in [-0.05, 0) is 11.5 Å². The highest BCUT2D eigenvalue weighted by molar-refractivity contribution is 6.32. The maximum absolute atomic E-state index is 13.2. The minimum Gasteiger partial charge on any atom is -0.272 e. The molecule has 96 valence electrons. The highest BCUT2D eigenvalue weighted by Crippen LogP contribution is 2.27. The zero-order valence-electron chi connectivity index (χ0n) is 10.6. The van der Waals surface area contributed by atoms with Gasteiger partial charge in [-0.2, -0.15) is 5.10 Å². The van der Waals surface area contributed by atoms with Gasteiger partial charge in [0.15, 0.2) is 0 Å². The van der Waals surface area contributed by atoms with Crippen LogP contribution in [0.2, 0.25) is 5.15 Å². The first-order valence-corrected chi connectivity index (χ1v) is 6.07. The zero-order chi connectivity index (χ0) is 13.3. The number of halogens is 2. The summed E-state index contributed by atoms with van der Waals surface area (Å²) in [5, 5.41) is 4.54. The van der Waals surface area contributed by atoms with E-state index in [-0.39, 0.29) is 10.6 Å². The molecular weight excluding hydrogens is 253 g/mol. The molecule has 0 unspecified atom stereocenters. The summed E-state index contributed by atoms with van der Waals surface area (Å²) in [6, 6.07) is 1.37. The molecule has 0 N–H and O–H groups in total. The second-order valence-electron chi connectivity index (χ2n) is 5.48. The summed E-state index contributed by atoms with van der Waals surface area (Å²) in [4.78, 5) is 3.79. The fourth-order valence-electron chi connectivity index (χ4n) is 1.70. The van der Waals surface area contributed by atoms with Crippen LogP contribution in [0.5, 0.6) is 0 Å². The smallest absolute Gasteiger partial charge is 0.142 e. The van der Waals surface area contributed by atoms with Crippen molar-refractivity contribution in [3.05, 3.63) is 35.6 Å². The Bertz CT molecular complexity index is 558. The largest absolute Gasteiger partial charge is 0.272 e. The number of pyridine rings is 1. The standard InChI is InChI=1S/C13H15ClFN3/c1-13(2,3)8-18-7-9(5-17-18)11-4-10(15)6-16-12(11)14/h4-7H,8H2,1-3H3. The molecule has 2 aromatic rings. The number of nitrogens with zero attached hydrogens (tertiary/aromatic N) is 3. The van der Waals surface area contributed by atoms with Gasteiger partial charge in [-0.1, -0.05) is 32.4 Å². The van der Waals surface area contributed by atoms with E-state index in [4.69, 9.17) is 11.6 Å². The lowest BCUT2D eigenvalue weighted by Crippen LogP contribution is -2.15. The quantitative estimate of drug-likeness (QED) is 0.775. The second-order valence-corrected chi connectivity index (χ2v) is 5.84. The Morgan fingerprint density at radius 3 is 2.72 bits per heavy atom. The molecule has 0 bridgehead atoms. The van der Waals surface area contributed by atoms with Crippen molar-refractivity contribution in [1.29, 1.82) is 0 Å². The van der Waals surface area contributed by atoms with Crippen LogP contribution in [0.4, 0.5) is 4.39 Å². The van der Waals surface area contributed by atoms with E-state index in [1.54, 1.807) is 6.20 Å². The minimum absolute atomic E-state index is 0.132. The molecule has 18 heavy (non-hydrogen) atoms. The van der Waals surface area contributed by atoms with Crippen molar-refractivity contribution in [1.82, 2.24) is 14.8 Å². The fraction of sp³-hybridized carbons (Fsp3) is 0.385. The van der Waals surface area contributed by atoms with E-state index in [2.05, 4.69) is 30.9 Å². The molecule has 2 aromatic heterocycles. The first-order chi connectivity index (χ1) is 8.35. The highest BCUT2D eigenvalue weighted by Gasteiger charge is 2.14. The molecule has 0 aliphatic heterocycles. The van der Waals surface area contributed by atoms with E-state index in [1.807, 2.05) is 10.9 Å². The fourth-order valence-corrected chi connectivity index (χ4v) is 1.91. The average molecular weight is 268 g/mol. The van der Waals surface area contributed by atoms with Gasteiger partial charge in [0.05, 0.1) is 12.4 Å². The van der Waals surface area contributed by atoms with Crippen LogP contribution in [-0.4, -0.2) is 14.8 Å². The van der Waals surface area contributed by atoms with E-state index in [0.717, 1.165) is 18.3 Å². The van der Waals surface area contributed by atoms with Gasteiger partial charge in [-0.25, -0.2) is 9.37 Å². The summed E-state index contributed by atoms with van der Waals surface area (Å²) in [6.07, 6.45) is 4.63. The maximum Gasteiger partial charge on any atom is 0.142 e. The van der Waals surface area contributed by atoms with Crippen LogP contribution >= 0.6 is 11.6 Å². The van der Waals surface area contributed by atoms with Crippen LogP contribution in [0.3, 0.4) is 0 Å². The van der Waals surface area contributed by atoms with Crippen LogP contribution in [-0.2, 0) is 6.54 Å². The molecule has 0 saturated carbocycles. The molecule has 0 atom stereocenters. The summed E-state index contributed by atoms with van der Waals surface area (Å²) >= 11 is 5.96. The molecule has 2 rings (SSSR count). The van der Waals surface area contributed by atoms with Crippen molar-refractivity contribution in [2.45, 2.75) is 27.3 Å². The van der Waals surface area contributed by atoms with Gasteiger partial charge in [-0.15, -0.1) is 0 Å². The van der Waals surface area contributed by atoms with Gasteiger partial charge in [0.2, 0.25) is 0 Å². The van der Waals surface area contributed by atoms with Gasteiger partial charge in [-0.3, -0.25) is 4.68 Å². The Morgan fingerprint density at radius 1 is 1.33 bits per heavy atom. The predicted octanol–water partition coefficient (Wildman–Crippen LogP) is 3.78. The SMILES string of the molecule is CC(C)(C)Cn1cc(-c2cc(F)cnc2Cl)cn1. The molecule has 3 nitrogen and oxygen atoms in total. The van der Waals surface area contributed by atoms with E-state index in [9.17, 15) is 4.39 Å². The summed E-state index contributed by atoms with van der Waals surface area (Å²) in [6.45, 7) is 7.18. The van der Waals surface area contributed by atoms with E-state index >= 15 is 0 Å². The normalized spacial score (nSPS) is 11.8. The van der Waals surface area contributed by atoms with Crippen LogP contribution in [0, 0.1) is 11.2 Å². The lowest BCUT2D eigenvalue weighted by molar-refractivity contribution is 0.325. The van der Waals surface area contributed by atoms with Crippen molar-refractivity contribution >= 4 is 11.6 Å². The molecule has 0 radical (unpaired) electrons. The predicted molar refractivity (Wildman–Crippen MR) is 69.9 cm³/mol. The lowest BCUT2D eigenvalue weighted by atomic mass is 9.97. The number of rotatable bonds is 2. The number of aromatic nitrogens is 3. The van der Waals surface area contributed by atoms with Crippen molar-refractivity contribution in [3.8, 4) is 11.1 Å². The Kier molecular flexibility index (Phi) is 3.39. The van der Waals surface area contributed by atoms with Crippen LogP contribution < -0.4 is 0 Å². The number of hydrogen-bond donors (Lipinski definition) is 0. The highest BCUT2D eigenvalue weighted by atomic mass is 35.5. The molecule has 0 fully saturated rings. The van der Waals surface area contributed by atoms with E-state index in [1.165, 1.54) is 6.07 Å². The Morgan fingerprint density at radius 2 is 2.06 bits per heavy atom. The van der Waals surface area contributed by atoms with Crippen molar-refractivity contribution in [2.75, 3.05) is 0 Å². The van der Waals surface area contributed by atoms with Crippen LogP contribution in [0.25, 0.3) is 11.1 Å². The molecular formula is C13H15ClFN3. The minimum atomic E-state index is -0.405. The van der Waals surface area contributed by atoms with Crippen molar-refractivity contribution < 1.29 is 4.39 Å². The second kappa shape index (κ2) is 4.69. The zero-order valence-corrected chi connectivity index (χ0v) is 11.4. The first kappa shape index (κ1) is 13.0. The van der Waals surface area contributed by atoms with Crippen LogP contribution in [0.15, 0.2) is 24.7 Å². The molecule has 0 saturated heterocycles. The Labute approximate surface area is 111 Å². The molecule has 0 amide bonds. The summed E-state index contributed by atoms with van der Waals surface area (Å²) < 4.78 is 15.0. The molecule has 0 spiro atoms. The summed E-state index contributed by atoms with van der Waals surface area (Å²) in [5.41, 5.74) is 1.47. The van der Waals surface area contributed by atoms with Gasteiger partial charge < -0.3 is 0 Å². The third-order valence-corrected chi connectivity index (χ3v) is 2.69. The Hall–Kier alpha value is -1.42. The summed E-state index contributed by atoms with van der Waals surface area (Å²) in [5.74, 6) is -0.405. The molecule has 0 aliphatic rings.